The van der Waals surface area contributed by atoms with Crippen LogP contribution in [0.2, 0.25) is 0 Å². The molecule has 1 rings (SSSR count). The van der Waals surface area contributed by atoms with Gasteiger partial charge in [0.15, 0.2) is 0 Å². The summed E-state index contributed by atoms with van der Waals surface area (Å²) < 4.78 is 5.53. The number of pyridine rings is 1. The molecule has 1 atom stereocenters. The molecule has 0 aromatic carbocycles. The first-order valence-corrected chi connectivity index (χ1v) is 5.77. The lowest BCUT2D eigenvalue weighted by Gasteiger charge is -2.11. The highest BCUT2D eigenvalue weighted by Gasteiger charge is 2.11. The van der Waals surface area contributed by atoms with Gasteiger partial charge in [0.2, 0.25) is 0 Å². The molecule has 0 aliphatic heterocycles. The minimum absolute atomic E-state index is 0.172. The number of carbonyl (C=O) groups is 1. The van der Waals surface area contributed by atoms with Gasteiger partial charge in [0.1, 0.15) is 0 Å². The van der Waals surface area contributed by atoms with Crippen molar-refractivity contribution in [3.63, 3.8) is 0 Å². The third-order valence-electron chi connectivity index (χ3n) is 1.87. The van der Waals surface area contributed by atoms with E-state index in [1.54, 1.807) is 18.5 Å². The average molecular weight is 336 g/mol. The normalized spacial score (nSPS) is 12.2. The number of rotatable bonds is 5. The number of carbonyl (C=O) groups excluding carboxylic acids is 1. The van der Waals surface area contributed by atoms with Crippen molar-refractivity contribution in [2.75, 3.05) is 20.3 Å². The summed E-state index contributed by atoms with van der Waals surface area (Å²) in [4.78, 5) is 15.6. The molecule has 1 amide bonds. The van der Waals surface area contributed by atoms with Gasteiger partial charge in [-0.2, -0.15) is 0 Å². The molecule has 0 radical (unpaired) electrons. The molecule has 1 heterocycles. The van der Waals surface area contributed by atoms with Gasteiger partial charge < -0.3 is 15.2 Å². The molecule has 0 aliphatic rings. The number of ether oxygens (including phenoxy) is 1. The van der Waals surface area contributed by atoms with Gasteiger partial charge in [0.25, 0.3) is 5.91 Å². The van der Waals surface area contributed by atoms with Crippen molar-refractivity contribution in [1.82, 2.24) is 10.3 Å². The van der Waals surface area contributed by atoms with Crippen LogP contribution in [0.25, 0.3) is 0 Å². The summed E-state index contributed by atoms with van der Waals surface area (Å²) in [5, 5.41) is 12.0. The van der Waals surface area contributed by atoms with Crippen molar-refractivity contribution in [2.45, 2.75) is 6.10 Å². The van der Waals surface area contributed by atoms with E-state index in [4.69, 9.17) is 4.74 Å². The fraction of sp³-hybridized carbons (Fsp3) is 0.400. The molecule has 1 aromatic heterocycles. The molecule has 1 aromatic rings. The molecular formula is C10H13IN2O3. The second-order valence-corrected chi connectivity index (χ2v) is 4.34. The number of hydrogen-bond donors (Lipinski definition) is 2. The standard InChI is InChI=1S/C10H13IN2O3/c1-16-6-7(14)4-13-10(15)8-2-3-12-5-9(8)11/h2-3,5,7,14H,4,6H2,1H3,(H,13,15)/t7-/m1/s1. The van der Waals surface area contributed by atoms with Gasteiger partial charge in [-0.25, -0.2) is 0 Å². The molecule has 2 N–H and O–H groups in total. The van der Waals surface area contributed by atoms with Gasteiger partial charge in [-0.3, -0.25) is 9.78 Å². The largest absolute Gasteiger partial charge is 0.389 e. The fourth-order valence-electron chi connectivity index (χ4n) is 1.12. The van der Waals surface area contributed by atoms with E-state index in [9.17, 15) is 9.90 Å². The van der Waals surface area contributed by atoms with Crippen LogP contribution in [0.3, 0.4) is 0 Å². The van der Waals surface area contributed by atoms with Crippen LogP contribution in [0.1, 0.15) is 10.4 Å². The van der Waals surface area contributed by atoms with E-state index in [-0.39, 0.29) is 19.1 Å². The van der Waals surface area contributed by atoms with Crippen LogP contribution in [0.15, 0.2) is 18.5 Å². The number of aliphatic hydroxyl groups excluding tert-OH is 1. The predicted molar refractivity (Wildman–Crippen MR) is 67.2 cm³/mol. The van der Waals surface area contributed by atoms with Gasteiger partial charge in [-0.15, -0.1) is 0 Å². The van der Waals surface area contributed by atoms with Crippen LogP contribution in [0.5, 0.6) is 0 Å². The van der Waals surface area contributed by atoms with E-state index in [0.29, 0.717) is 5.56 Å². The number of halogens is 1. The van der Waals surface area contributed by atoms with Crippen LogP contribution in [0, 0.1) is 3.57 Å². The number of amides is 1. The summed E-state index contributed by atoms with van der Waals surface area (Å²) >= 11 is 2.04. The van der Waals surface area contributed by atoms with Crippen molar-refractivity contribution < 1.29 is 14.6 Å². The number of aromatic nitrogens is 1. The second-order valence-electron chi connectivity index (χ2n) is 3.17. The molecule has 5 nitrogen and oxygen atoms in total. The third-order valence-corrected chi connectivity index (χ3v) is 2.73. The Morgan fingerprint density at radius 3 is 3.12 bits per heavy atom. The van der Waals surface area contributed by atoms with Crippen LogP contribution in [-0.4, -0.2) is 42.4 Å². The fourth-order valence-corrected chi connectivity index (χ4v) is 1.70. The molecule has 0 fully saturated rings. The van der Waals surface area contributed by atoms with Crippen molar-refractivity contribution in [2.24, 2.45) is 0 Å². The molecule has 0 spiro atoms. The summed E-state index contributed by atoms with van der Waals surface area (Å²) in [6.45, 7) is 0.374. The maximum absolute atomic E-state index is 11.7. The maximum Gasteiger partial charge on any atom is 0.252 e. The topological polar surface area (TPSA) is 71.5 Å². The van der Waals surface area contributed by atoms with E-state index in [1.807, 2.05) is 22.6 Å². The van der Waals surface area contributed by atoms with E-state index >= 15 is 0 Å². The van der Waals surface area contributed by atoms with Crippen LogP contribution in [-0.2, 0) is 4.74 Å². The smallest absolute Gasteiger partial charge is 0.252 e. The van der Waals surface area contributed by atoms with Crippen molar-refractivity contribution >= 4 is 28.5 Å². The zero-order valence-corrected chi connectivity index (χ0v) is 11.0. The number of methoxy groups -OCH3 is 1. The van der Waals surface area contributed by atoms with Gasteiger partial charge in [-0.05, 0) is 28.7 Å². The van der Waals surface area contributed by atoms with Gasteiger partial charge >= 0.3 is 0 Å². The summed E-state index contributed by atoms with van der Waals surface area (Å²) in [7, 11) is 1.50. The van der Waals surface area contributed by atoms with Crippen LogP contribution >= 0.6 is 22.6 Å². The number of nitrogens with one attached hydrogen (secondary N) is 1. The Balaban J connectivity index is 2.50. The first-order valence-electron chi connectivity index (χ1n) is 4.70. The van der Waals surface area contributed by atoms with E-state index in [2.05, 4.69) is 10.3 Å². The van der Waals surface area contributed by atoms with Crippen molar-refractivity contribution in [3.05, 3.63) is 27.6 Å². The predicted octanol–water partition coefficient (Wildman–Crippen LogP) is 0.423. The quantitative estimate of drug-likeness (QED) is 0.765. The molecule has 0 unspecified atom stereocenters. The number of aliphatic hydroxyl groups is 1. The van der Waals surface area contributed by atoms with Gasteiger partial charge in [0.05, 0.1) is 18.3 Å². The monoisotopic (exact) mass is 336 g/mol. The lowest BCUT2D eigenvalue weighted by atomic mass is 10.2. The molecule has 0 saturated heterocycles. The molecule has 0 bridgehead atoms. The minimum Gasteiger partial charge on any atom is -0.389 e. The first-order chi connectivity index (χ1) is 7.65. The highest BCUT2D eigenvalue weighted by atomic mass is 127. The molecule has 0 saturated carbocycles. The molecule has 88 valence electrons. The third kappa shape index (κ3) is 4.03. The highest BCUT2D eigenvalue weighted by Crippen LogP contribution is 2.09. The van der Waals surface area contributed by atoms with Crippen LogP contribution in [0.4, 0.5) is 0 Å². The Bertz CT molecular complexity index is 360. The first kappa shape index (κ1) is 13.3. The second kappa shape index (κ2) is 6.77. The van der Waals surface area contributed by atoms with Gasteiger partial charge in [-0.1, -0.05) is 0 Å². The van der Waals surface area contributed by atoms with Crippen molar-refractivity contribution in [1.29, 1.82) is 0 Å². The minimum atomic E-state index is -0.687. The zero-order chi connectivity index (χ0) is 12.0. The maximum atomic E-state index is 11.7. The highest BCUT2D eigenvalue weighted by molar-refractivity contribution is 14.1. The summed E-state index contributed by atoms with van der Waals surface area (Å²) in [6.07, 6.45) is 2.48. The summed E-state index contributed by atoms with van der Waals surface area (Å²) in [6, 6.07) is 1.64. The SMILES string of the molecule is COC[C@H](O)CNC(=O)c1ccncc1I. The lowest BCUT2D eigenvalue weighted by Crippen LogP contribution is -2.34. The number of hydrogen-bond acceptors (Lipinski definition) is 4. The molecule has 0 aliphatic carbocycles. The van der Waals surface area contributed by atoms with E-state index < -0.39 is 6.10 Å². The Morgan fingerprint density at radius 1 is 1.75 bits per heavy atom. The van der Waals surface area contributed by atoms with E-state index in [0.717, 1.165) is 3.57 Å². The van der Waals surface area contributed by atoms with E-state index in [1.165, 1.54) is 7.11 Å². The number of nitrogens with zero attached hydrogens (tertiary/aromatic N) is 1. The Kier molecular flexibility index (Phi) is 5.64. The lowest BCUT2D eigenvalue weighted by molar-refractivity contribution is 0.0609. The Morgan fingerprint density at radius 2 is 2.50 bits per heavy atom. The summed E-state index contributed by atoms with van der Waals surface area (Å²) in [5.41, 5.74) is 0.556. The zero-order valence-electron chi connectivity index (χ0n) is 8.81. The summed E-state index contributed by atoms with van der Waals surface area (Å²) in [5.74, 6) is -0.220. The van der Waals surface area contributed by atoms with Crippen molar-refractivity contribution in [3.8, 4) is 0 Å². The Labute approximate surface area is 107 Å². The average Bonchev–Trinajstić information content (AvgIpc) is 2.27. The molecule has 16 heavy (non-hydrogen) atoms. The Hall–Kier alpha value is -0.730. The molecular weight excluding hydrogens is 323 g/mol. The molecule has 6 heteroatoms. The van der Waals surface area contributed by atoms with Crippen LogP contribution < -0.4 is 5.32 Å². The van der Waals surface area contributed by atoms with Gasteiger partial charge in [0, 0.05) is 29.6 Å².